The number of thioether (sulfide) groups is 1. The van der Waals surface area contributed by atoms with Crippen molar-refractivity contribution in [3.8, 4) is 5.75 Å². The Kier molecular flexibility index (Phi) is 5.95. The zero-order chi connectivity index (χ0) is 13.7. The Morgan fingerprint density at radius 2 is 2.06 bits per heavy atom. The average Bonchev–Trinajstić information content (AvgIpc) is 2.26. The molecule has 0 aliphatic carbocycles. The molecule has 0 heterocycles. The van der Waals surface area contributed by atoms with Crippen molar-refractivity contribution in [3.05, 3.63) is 28.8 Å². The zero-order valence-corrected chi connectivity index (χ0v) is 11.4. The lowest BCUT2D eigenvalue weighted by Gasteiger charge is -2.18. The fraction of sp³-hybridized carbons (Fsp3) is 0.417. The molecule has 6 heteroatoms. The maximum absolute atomic E-state index is 10.7. The van der Waals surface area contributed by atoms with Gasteiger partial charge in [0.1, 0.15) is 11.9 Å². The average molecular weight is 291 g/mol. The van der Waals surface area contributed by atoms with Gasteiger partial charge in [0.2, 0.25) is 0 Å². The molecule has 18 heavy (non-hydrogen) atoms. The van der Waals surface area contributed by atoms with Crippen molar-refractivity contribution in [2.24, 2.45) is 0 Å². The van der Waals surface area contributed by atoms with Crippen LogP contribution in [-0.2, 0) is 4.79 Å². The predicted octanol–water partition coefficient (Wildman–Crippen LogP) is 2.11. The number of aliphatic hydroxyl groups is 2. The highest BCUT2D eigenvalue weighted by molar-refractivity contribution is 8.13. The number of carbonyl (C=O) groups excluding carboxylic acids is 1. The van der Waals surface area contributed by atoms with Gasteiger partial charge in [0.15, 0.2) is 5.12 Å². The maximum atomic E-state index is 10.7. The Bertz CT molecular complexity index is 404. The summed E-state index contributed by atoms with van der Waals surface area (Å²) in [5.41, 5.74) is 0.348. The molecule has 0 amide bonds. The molecule has 4 nitrogen and oxygen atoms in total. The van der Waals surface area contributed by atoms with Gasteiger partial charge in [0.25, 0.3) is 0 Å². The first-order chi connectivity index (χ1) is 8.40. The minimum atomic E-state index is -1.14. The second-order valence-corrected chi connectivity index (χ2v) is 5.59. The van der Waals surface area contributed by atoms with Gasteiger partial charge in [-0.05, 0) is 30.2 Å². The van der Waals surface area contributed by atoms with Crippen molar-refractivity contribution in [1.82, 2.24) is 0 Å². The number of halogens is 1. The van der Waals surface area contributed by atoms with E-state index in [9.17, 15) is 20.1 Å². The number of hydrogen-bond acceptors (Lipinski definition) is 5. The Morgan fingerprint density at radius 1 is 1.39 bits per heavy atom. The van der Waals surface area contributed by atoms with Crippen molar-refractivity contribution < 1.29 is 20.1 Å². The van der Waals surface area contributed by atoms with Crippen molar-refractivity contribution in [2.45, 2.75) is 25.6 Å². The quantitative estimate of drug-likeness (QED) is 0.774. The summed E-state index contributed by atoms with van der Waals surface area (Å²) in [4.78, 5) is 10.7. The molecule has 100 valence electrons. The number of hydrogen-bond donors (Lipinski definition) is 3. The van der Waals surface area contributed by atoms with E-state index in [4.69, 9.17) is 11.6 Å². The van der Waals surface area contributed by atoms with E-state index >= 15 is 0 Å². The van der Waals surface area contributed by atoms with Crippen LogP contribution in [0.2, 0.25) is 5.02 Å². The molecule has 1 aromatic carbocycles. The van der Waals surface area contributed by atoms with Crippen LogP contribution in [0.25, 0.3) is 0 Å². The number of rotatable bonds is 5. The molecule has 0 aliphatic rings. The molecule has 0 aliphatic heterocycles. The predicted molar refractivity (Wildman–Crippen MR) is 71.8 cm³/mol. The molecule has 0 saturated heterocycles. The highest BCUT2D eigenvalue weighted by Crippen LogP contribution is 2.27. The Labute approximate surface area is 115 Å². The van der Waals surface area contributed by atoms with Gasteiger partial charge in [0, 0.05) is 17.7 Å². The summed E-state index contributed by atoms with van der Waals surface area (Å²) in [6, 6.07) is 4.17. The van der Waals surface area contributed by atoms with Gasteiger partial charge in [-0.15, -0.1) is 0 Å². The number of carbonyl (C=O) groups is 1. The standard InChI is InChI=1S/C12H15ClO4S/c1-7(14)18-3-2-11(16)12(17)8-4-9(13)6-10(15)5-8/h4-6,11-12,15-17H,2-3H2,1H3. The lowest BCUT2D eigenvalue weighted by atomic mass is 10.0. The Morgan fingerprint density at radius 3 is 2.61 bits per heavy atom. The first-order valence-corrected chi connectivity index (χ1v) is 6.75. The van der Waals surface area contributed by atoms with Crippen LogP contribution >= 0.6 is 23.4 Å². The van der Waals surface area contributed by atoms with E-state index in [2.05, 4.69) is 0 Å². The monoisotopic (exact) mass is 290 g/mol. The molecule has 0 fully saturated rings. The summed E-state index contributed by atoms with van der Waals surface area (Å²) >= 11 is 6.84. The van der Waals surface area contributed by atoms with Crippen molar-refractivity contribution in [3.63, 3.8) is 0 Å². The van der Waals surface area contributed by atoms with Crippen molar-refractivity contribution >= 4 is 28.5 Å². The molecule has 2 unspecified atom stereocenters. The van der Waals surface area contributed by atoms with Gasteiger partial charge in [-0.25, -0.2) is 0 Å². The third kappa shape index (κ3) is 4.86. The van der Waals surface area contributed by atoms with Crippen LogP contribution in [0.3, 0.4) is 0 Å². The first kappa shape index (κ1) is 15.3. The molecule has 0 spiro atoms. The van der Waals surface area contributed by atoms with Crippen LogP contribution in [0.1, 0.15) is 25.0 Å². The van der Waals surface area contributed by atoms with Crippen LogP contribution in [0, 0.1) is 0 Å². The molecule has 0 aromatic heterocycles. The van der Waals surface area contributed by atoms with Gasteiger partial charge in [-0.3, -0.25) is 4.79 Å². The van der Waals surface area contributed by atoms with Crippen LogP contribution in [-0.4, -0.2) is 32.3 Å². The molecule has 0 saturated carbocycles. The van der Waals surface area contributed by atoms with Crippen molar-refractivity contribution in [2.75, 3.05) is 5.75 Å². The third-order valence-corrected chi connectivity index (χ3v) is 3.39. The second-order valence-electron chi connectivity index (χ2n) is 3.88. The summed E-state index contributed by atoms with van der Waals surface area (Å²) in [5.74, 6) is 0.363. The summed E-state index contributed by atoms with van der Waals surface area (Å²) < 4.78 is 0. The smallest absolute Gasteiger partial charge is 0.185 e. The normalized spacial score (nSPS) is 14.2. The van der Waals surface area contributed by atoms with Crippen LogP contribution in [0.5, 0.6) is 5.75 Å². The molecule has 1 rings (SSSR count). The van der Waals surface area contributed by atoms with Crippen LogP contribution in [0.4, 0.5) is 0 Å². The van der Waals surface area contributed by atoms with E-state index in [1.54, 1.807) is 0 Å². The van der Waals surface area contributed by atoms with Crippen LogP contribution in [0.15, 0.2) is 18.2 Å². The van der Waals surface area contributed by atoms with Gasteiger partial charge in [-0.1, -0.05) is 23.4 Å². The SMILES string of the molecule is CC(=O)SCCC(O)C(O)c1cc(O)cc(Cl)c1. The summed E-state index contributed by atoms with van der Waals surface area (Å²) in [6.45, 7) is 1.45. The molecule has 3 N–H and O–H groups in total. The molecule has 2 atom stereocenters. The lowest BCUT2D eigenvalue weighted by Crippen LogP contribution is -2.19. The van der Waals surface area contributed by atoms with Gasteiger partial charge in [-0.2, -0.15) is 0 Å². The number of aromatic hydroxyl groups is 1. The molecular formula is C12H15ClO4S. The van der Waals surface area contributed by atoms with Gasteiger partial charge >= 0.3 is 0 Å². The fourth-order valence-electron chi connectivity index (χ4n) is 1.47. The third-order valence-electron chi connectivity index (χ3n) is 2.33. The Hall–Kier alpha value is -0.750. The van der Waals surface area contributed by atoms with E-state index in [0.717, 1.165) is 11.8 Å². The minimum Gasteiger partial charge on any atom is -0.508 e. The number of benzene rings is 1. The van der Waals surface area contributed by atoms with E-state index in [0.29, 0.717) is 11.3 Å². The summed E-state index contributed by atoms with van der Waals surface area (Å²) in [6.07, 6.45) is -1.87. The van der Waals surface area contributed by atoms with E-state index in [1.165, 1.54) is 25.1 Å². The van der Waals surface area contributed by atoms with Crippen molar-refractivity contribution in [1.29, 1.82) is 0 Å². The number of phenols is 1. The summed E-state index contributed by atoms with van der Waals surface area (Å²) in [5, 5.41) is 29.3. The zero-order valence-electron chi connectivity index (χ0n) is 9.84. The Balaban J connectivity index is 2.62. The number of phenolic OH excluding ortho intramolecular Hbond substituents is 1. The topological polar surface area (TPSA) is 77.8 Å². The molecule has 1 aromatic rings. The maximum Gasteiger partial charge on any atom is 0.185 e. The van der Waals surface area contributed by atoms with Gasteiger partial charge in [0.05, 0.1) is 6.10 Å². The lowest BCUT2D eigenvalue weighted by molar-refractivity contribution is -0.109. The number of aliphatic hydroxyl groups excluding tert-OH is 2. The van der Waals surface area contributed by atoms with E-state index in [1.807, 2.05) is 0 Å². The largest absolute Gasteiger partial charge is 0.508 e. The summed E-state index contributed by atoms with van der Waals surface area (Å²) in [7, 11) is 0. The highest BCUT2D eigenvalue weighted by atomic mass is 35.5. The first-order valence-electron chi connectivity index (χ1n) is 5.39. The van der Waals surface area contributed by atoms with Gasteiger partial charge < -0.3 is 15.3 Å². The van der Waals surface area contributed by atoms with Crippen LogP contribution < -0.4 is 0 Å². The van der Waals surface area contributed by atoms with E-state index in [-0.39, 0.29) is 22.3 Å². The molecule has 0 bridgehead atoms. The van der Waals surface area contributed by atoms with E-state index < -0.39 is 12.2 Å². The highest BCUT2D eigenvalue weighted by Gasteiger charge is 2.19. The minimum absolute atomic E-state index is 0.0305. The fourth-order valence-corrected chi connectivity index (χ4v) is 2.36. The second kappa shape index (κ2) is 6.99. The molecule has 0 radical (unpaired) electrons. The molecular weight excluding hydrogens is 276 g/mol.